The average molecular weight is 381 g/mol. The molecule has 6 rings (SSSR count). The normalized spacial score (nSPS) is 33.5. The van der Waals surface area contributed by atoms with Crippen LogP contribution in [0.4, 0.5) is 0 Å². The number of nitrogens with zero attached hydrogens (tertiary/aromatic N) is 1. The van der Waals surface area contributed by atoms with Crippen LogP contribution in [0.3, 0.4) is 0 Å². The number of aliphatic hydroxyl groups is 1. The smallest absolute Gasteiger partial charge is 0.253 e. The molecule has 4 aliphatic rings. The predicted molar refractivity (Wildman–Crippen MR) is 111 cm³/mol. The molecule has 1 heterocycles. The van der Waals surface area contributed by atoms with Gasteiger partial charge < -0.3 is 15.0 Å². The highest BCUT2D eigenvalue weighted by molar-refractivity contribution is 6.07. The molecule has 4 bridgehead atoms. The standard InChI is InChI=1S/C24H32N2O2/c1-2-3-6-9-26-15-20(19-7-4-5-8-21(19)26)22(27)25-23-11-17-10-18(12-23)14-24(28,13-17)16-23/h4-5,7-8,15,17-18,28H,2-3,6,9-14,16H2,1H3,(H,25,27). The van der Waals surface area contributed by atoms with Gasteiger partial charge in [-0.05, 0) is 62.8 Å². The molecule has 1 amide bonds. The molecule has 2 aromatic rings. The lowest BCUT2D eigenvalue weighted by Crippen LogP contribution is -2.65. The van der Waals surface area contributed by atoms with Crippen molar-refractivity contribution in [2.24, 2.45) is 11.8 Å². The first-order valence-corrected chi connectivity index (χ1v) is 11.1. The van der Waals surface area contributed by atoms with Crippen LogP contribution < -0.4 is 5.32 Å². The van der Waals surface area contributed by atoms with Crippen molar-refractivity contribution < 1.29 is 9.90 Å². The van der Waals surface area contributed by atoms with Crippen molar-refractivity contribution in [3.8, 4) is 0 Å². The summed E-state index contributed by atoms with van der Waals surface area (Å²) in [6.07, 6.45) is 11.5. The first-order chi connectivity index (χ1) is 13.5. The molecule has 4 heteroatoms. The molecule has 4 fully saturated rings. The number of benzene rings is 1. The largest absolute Gasteiger partial charge is 0.390 e. The van der Waals surface area contributed by atoms with Crippen LogP contribution in [0.1, 0.15) is 75.1 Å². The summed E-state index contributed by atoms with van der Waals surface area (Å²) >= 11 is 0. The molecular formula is C24H32N2O2. The zero-order chi connectivity index (χ0) is 19.4. The van der Waals surface area contributed by atoms with E-state index in [4.69, 9.17) is 0 Å². The number of fused-ring (bicyclic) bond motifs is 1. The number of para-hydroxylation sites is 1. The minimum Gasteiger partial charge on any atom is -0.390 e. The van der Waals surface area contributed by atoms with Gasteiger partial charge in [-0.3, -0.25) is 4.79 Å². The Morgan fingerprint density at radius 1 is 1.18 bits per heavy atom. The summed E-state index contributed by atoms with van der Waals surface area (Å²) in [5.74, 6) is 1.18. The van der Waals surface area contributed by atoms with Gasteiger partial charge in [0.2, 0.25) is 0 Å². The minimum atomic E-state index is -0.550. The van der Waals surface area contributed by atoms with E-state index in [-0.39, 0.29) is 11.4 Å². The fraction of sp³-hybridized carbons (Fsp3) is 0.625. The van der Waals surface area contributed by atoms with E-state index < -0.39 is 5.60 Å². The summed E-state index contributed by atoms with van der Waals surface area (Å²) in [4.78, 5) is 13.4. The molecule has 150 valence electrons. The maximum Gasteiger partial charge on any atom is 0.253 e. The van der Waals surface area contributed by atoms with Gasteiger partial charge in [0.05, 0.1) is 11.2 Å². The number of aromatic nitrogens is 1. The van der Waals surface area contributed by atoms with Crippen LogP contribution in [0.2, 0.25) is 0 Å². The highest BCUT2D eigenvalue weighted by Crippen LogP contribution is 2.57. The van der Waals surface area contributed by atoms with Crippen LogP contribution in [0.5, 0.6) is 0 Å². The number of hydrogen-bond acceptors (Lipinski definition) is 2. The Labute approximate surface area is 167 Å². The number of nitrogens with one attached hydrogen (secondary N) is 1. The Morgan fingerprint density at radius 3 is 2.64 bits per heavy atom. The summed E-state index contributed by atoms with van der Waals surface area (Å²) in [7, 11) is 0. The van der Waals surface area contributed by atoms with E-state index >= 15 is 0 Å². The van der Waals surface area contributed by atoms with Crippen molar-refractivity contribution in [3.05, 3.63) is 36.0 Å². The SMILES string of the molecule is CCCCCn1cc(C(=O)NC23CC4CC(CC(O)(C4)C2)C3)c2ccccc21. The fourth-order valence-electron chi connectivity index (χ4n) is 6.81. The highest BCUT2D eigenvalue weighted by Gasteiger charge is 2.57. The maximum atomic E-state index is 13.4. The Hall–Kier alpha value is -1.81. The van der Waals surface area contributed by atoms with Crippen LogP contribution >= 0.6 is 0 Å². The lowest BCUT2D eigenvalue weighted by molar-refractivity contribution is -0.139. The maximum absolute atomic E-state index is 13.4. The molecule has 0 saturated heterocycles. The van der Waals surface area contributed by atoms with E-state index in [9.17, 15) is 9.90 Å². The van der Waals surface area contributed by atoms with Crippen LogP contribution in [-0.4, -0.2) is 26.7 Å². The molecule has 0 spiro atoms. The Morgan fingerprint density at radius 2 is 1.93 bits per heavy atom. The third-order valence-corrected chi connectivity index (χ3v) is 7.44. The van der Waals surface area contributed by atoms with E-state index in [1.54, 1.807) is 0 Å². The van der Waals surface area contributed by atoms with E-state index in [1.807, 2.05) is 12.3 Å². The topological polar surface area (TPSA) is 54.3 Å². The van der Waals surface area contributed by atoms with Crippen molar-refractivity contribution in [1.29, 1.82) is 0 Å². The van der Waals surface area contributed by atoms with Gasteiger partial charge in [-0.2, -0.15) is 0 Å². The lowest BCUT2D eigenvalue weighted by atomic mass is 9.51. The number of rotatable bonds is 6. The van der Waals surface area contributed by atoms with Crippen LogP contribution in [0, 0.1) is 11.8 Å². The minimum absolute atomic E-state index is 0.0380. The van der Waals surface area contributed by atoms with Crippen molar-refractivity contribution in [2.45, 2.75) is 82.4 Å². The summed E-state index contributed by atoms with van der Waals surface area (Å²) in [5, 5.41) is 15.5. The summed E-state index contributed by atoms with van der Waals surface area (Å²) < 4.78 is 2.24. The molecule has 4 nitrogen and oxygen atoms in total. The van der Waals surface area contributed by atoms with E-state index in [0.717, 1.165) is 61.5 Å². The number of aryl methyl sites for hydroxylation is 1. The van der Waals surface area contributed by atoms with Gasteiger partial charge in [0, 0.05) is 29.2 Å². The molecule has 1 aromatic carbocycles. The molecule has 28 heavy (non-hydrogen) atoms. The van der Waals surface area contributed by atoms with Gasteiger partial charge in [-0.15, -0.1) is 0 Å². The van der Waals surface area contributed by atoms with E-state index in [0.29, 0.717) is 11.8 Å². The third-order valence-electron chi connectivity index (χ3n) is 7.44. The number of unbranched alkanes of at least 4 members (excludes halogenated alkanes) is 2. The van der Waals surface area contributed by atoms with Crippen LogP contribution in [0.25, 0.3) is 10.9 Å². The first-order valence-electron chi connectivity index (χ1n) is 11.1. The third kappa shape index (κ3) is 3.06. The molecule has 1 aromatic heterocycles. The zero-order valence-corrected chi connectivity index (χ0v) is 16.9. The van der Waals surface area contributed by atoms with Gasteiger partial charge in [-0.25, -0.2) is 0 Å². The van der Waals surface area contributed by atoms with Gasteiger partial charge in [0.25, 0.3) is 5.91 Å². The van der Waals surface area contributed by atoms with Crippen molar-refractivity contribution >= 4 is 16.8 Å². The predicted octanol–water partition coefficient (Wildman–Crippen LogP) is 4.65. The Bertz CT molecular complexity index is 885. The van der Waals surface area contributed by atoms with Crippen LogP contribution in [-0.2, 0) is 6.54 Å². The van der Waals surface area contributed by atoms with E-state index in [2.05, 4.69) is 35.0 Å². The molecule has 0 radical (unpaired) electrons. The molecule has 2 unspecified atom stereocenters. The molecule has 4 aliphatic carbocycles. The average Bonchev–Trinajstić information content (AvgIpc) is 2.99. The zero-order valence-electron chi connectivity index (χ0n) is 16.9. The second-order valence-corrected chi connectivity index (χ2v) is 9.88. The number of hydrogen-bond donors (Lipinski definition) is 2. The van der Waals surface area contributed by atoms with Gasteiger partial charge >= 0.3 is 0 Å². The van der Waals surface area contributed by atoms with Crippen molar-refractivity contribution in [3.63, 3.8) is 0 Å². The molecule has 4 saturated carbocycles. The number of carbonyl (C=O) groups is 1. The Kier molecular flexibility index (Phi) is 4.31. The first kappa shape index (κ1) is 18.2. The monoisotopic (exact) mass is 380 g/mol. The molecule has 2 atom stereocenters. The molecular weight excluding hydrogens is 348 g/mol. The van der Waals surface area contributed by atoms with E-state index in [1.165, 1.54) is 19.3 Å². The lowest BCUT2D eigenvalue weighted by Gasteiger charge is -2.60. The second-order valence-electron chi connectivity index (χ2n) is 9.88. The van der Waals surface area contributed by atoms with Gasteiger partial charge in [0.1, 0.15) is 0 Å². The second kappa shape index (κ2) is 6.62. The summed E-state index contributed by atoms with van der Waals surface area (Å²) in [6.45, 7) is 3.17. The summed E-state index contributed by atoms with van der Waals surface area (Å²) in [6, 6.07) is 8.25. The fourth-order valence-corrected chi connectivity index (χ4v) is 6.81. The number of amides is 1. The van der Waals surface area contributed by atoms with Crippen molar-refractivity contribution in [1.82, 2.24) is 9.88 Å². The summed E-state index contributed by atoms with van der Waals surface area (Å²) in [5.41, 5.74) is 1.18. The van der Waals surface area contributed by atoms with Crippen molar-refractivity contribution in [2.75, 3.05) is 0 Å². The van der Waals surface area contributed by atoms with Gasteiger partial charge in [-0.1, -0.05) is 38.0 Å². The highest BCUT2D eigenvalue weighted by atomic mass is 16.3. The Balaban J connectivity index is 1.42. The molecule has 2 N–H and O–H groups in total. The van der Waals surface area contributed by atoms with Gasteiger partial charge in [0.15, 0.2) is 0 Å². The molecule has 0 aliphatic heterocycles. The number of carbonyl (C=O) groups excluding carboxylic acids is 1. The van der Waals surface area contributed by atoms with Crippen LogP contribution in [0.15, 0.2) is 30.5 Å². The quantitative estimate of drug-likeness (QED) is 0.717.